The van der Waals surface area contributed by atoms with Gasteiger partial charge in [-0.1, -0.05) is 11.6 Å². The second kappa shape index (κ2) is 5.57. The SMILES string of the molecule is C[C@H](N[S+]([O-])C(C)(C)C)c1cc(Cl)ccc1F. The van der Waals surface area contributed by atoms with E-state index in [-0.39, 0.29) is 16.6 Å². The Balaban J connectivity index is 2.83. The lowest BCUT2D eigenvalue weighted by atomic mass is 10.1. The summed E-state index contributed by atoms with van der Waals surface area (Å²) in [5.41, 5.74) is 0.426. The van der Waals surface area contributed by atoms with Crippen LogP contribution in [0.1, 0.15) is 39.3 Å². The van der Waals surface area contributed by atoms with Crippen molar-refractivity contribution < 1.29 is 8.94 Å². The minimum Gasteiger partial charge on any atom is -0.598 e. The van der Waals surface area contributed by atoms with Gasteiger partial charge in [0.15, 0.2) is 0 Å². The molecular weight excluding hydrogens is 261 g/mol. The summed E-state index contributed by atoms with van der Waals surface area (Å²) in [7, 11) is 0. The van der Waals surface area contributed by atoms with Crippen molar-refractivity contribution in [2.45, 2.75) is 38.5 Å². The molecule has 1 rings (SSSR count). The van der Waals surface area contributed by atoms with Gasteiger partial charge in [-0.2, -0.15) is 0 Å². The van der Waals surface area contributed by atoms with Crippen LogP contribution in [0, 0.1) is 5.82 Å². The smallest absolute Gasteiger partial charge is 0.136 e. The van der Waals surface area contributed by atoms with Gasteiger partial charge >= 0.3 is 0 Å². The Labute approximate surface area is 110 Å². The molecule has 1 aromatic rings. The number of rotatable bonds is 3. The molecule has 1 aromatic carbocycles. The maximum Gasteiger partial charge on any atom is 0.136 e. The quantitative estimate of drug-likeness (QED) is 0.857. The third-order valence-electron chi connectivity index (χ3n) is 2.26. The minimum atomic E-state index is -1.24. The van der Waals surface area contributed by atoms with Crippen LogP contribution in [0.2, 0.25) is 5.02 Å². The molecule has 0 saturated heterocycles. The maximum absolute atomic E-state index is 13.6. The third-order valence-corrected chi connectivity index (χ3v) is 4.18. The summed E-state index contributed by atoms with van der Waals surface area (Å²) in [5.74, 6) is -0.347. The molecule has 0 bridgehead atoms. The highest BCUT2D eigenvalue weighted by Gasteiger charge is 2.29. The Morgan fingerprint density at radius 2 is 2.00 bits per heavy atom. The van der Waals surface area contributed by atoms with Crippen LogP contribution >= 0.6 is 11.6 Å². The van der Waals surface area contributed by atoms with E-state index in [1.54, 1.807) is 13.0 Å². The number of benzene rings is 1. The molecule has 1 unspecified atom stereocenters. The highest BCUT2D eigenvalue weighted by Crippen LogP contribution is 2.24. The van der Waals surface area contributed by atoms with Crippen LogP contribution in [0.25, 0.3) is 0 Å². The van der Waals surface area contributed by atoms with Gasteiger partial charge in [-0.3, -0.25) is 0 Å². The first-order valence-electron chi connectivity index (χ1n) is 5.35. The van der Waals surface area contributed by atoms with Crippen molar-refractivity contribution in [2.24, 2.45) is 0 Å². The summed E-state index contributed by atoms with van der Waals surface area (Å²) >= 11 is 4.57. The Hall–Kier alpha value is -0.290. The van der Waals surface area contributed by atoms with Crippen LogP contribution in [0.4, 0.5) is 4.39 Å². The van der Waals surface area contributed by atoms with Crippen LogP contribution in [-0.2, 0) is 11.4 Å². The average molecular weight is 278 g/mol. The zero-order valence-corrected chi connectivity index (χ0v) is 12.0. The standard InChI is InChI=1S/C12H17ClFNOS/c1-8(15-17(16)12(2,3)4)10-7-9(13)5-6-11(10)14/h5-8,15H,1-4H3/t8-,17?/m0/s1. The van der Waals surface area contributed by atoms with E-state index in [1.807, 2.05) is 20.8 Å². The van der Waals surface area contributed by atoms with Crippen molar-refractivity contribution in [2.75, 3.05) is 0 Å². The lowest BCUT2D eigenvalue weighted by Gasteiger charge is -2.26. The first kappa shape index (κ1) is 14.8. The molecule has 0 heterocycles. The second-order valence-electron chi connectivity index (χ2n) is 4.89. The molecule has 0 aliphatic rings. The minimum absolute atomic E-state index is 0.347. The topological polar surface area (TPSA) is 35.1 Å². The summed E-state index contributed by atoms with van der Waals surface area (Å²) < 4.78 is 28.0. The summed E-state index contributed by atoms with van der Waals surface area (Å²) in [6.45, 7) is 7.34. The monoisotopic (exact) mass is 277 g/mol. The first-order chi connectivity index (χ1) is 7.71. The van der Waals surface area contributed by atoms with Crippen molar-refractivity contribution in [1.29, 1.82) is 0 Å². The molecule has 1 N–H and O–H groups in total. The fourth-order valence-electron chi connectivity index (χ4n) is 1.25. The second-order valence-corrected chi connectivity index (χ2v) is 7.32. The van der Waals surface area contributed by atoms with Gasteiger partial charge in [-0.15, -0.1) is 4.72 Å². The molecule has 0 aliphatic carbocycles. The van der Waals surface area contributed by atoms with E-state index in [4.69, 9.17) is 11.6 Å². The molecule has 2 atom stereocenters. The van der Waals surface area contributed by atoms with Gasteiger partial charge in [0.25, 0.3) is 0 Å². The molecule has 0 aliphatic heterocycles. The molecule has 0 amide bonds. The van der Waals surface area contributed by atoms with Crippen molar-refractivity contribution in [3.63, 3.8) is 0 Å². The molecule has 17 heavy (non-hydrogen) atoms. The summed E-state index contributed by atoms with van der Waals surface area (Å²) in [6, 6.07) is 4.01. The Bertz CT molecular complexity index is 395. The third kappa shape index (κ3) is 4.14. The van der Waals surface area contributed by atoms with Gasteiger partial charge in [-0.25, -0.2) is 4.39 Å². The van der Waals surface area contributed by atoms with Gasteiger partial charge in [0.05, 0.1) is 6.04 Å². The van der Waals surface area contributed by atoms with Crippen LogP contribution in [0.3, 0.4) is 0 Å². The van der Waals surface area contributed by atoms with Crippen LogP contribution in [0.15, 0.2) is 18.2 Å². The Kier molecular flexibility index (Phi) is 4.84. The molecule has 2 nitrogen and oxygen atoms in total. The lowest BCUT2D eigenvalue weighted by molar-refractivity contribution is 0.522. The number of hydrogen-bond donors (Lipinski definition) is 1. The molecule has 0 radical (unpaired) electrons. The molecule has 0 saturated carbocycles. The molecule has 96 valence electrons. The summed E-state index contributed by atoms with van der Waals surface area (Å²) in [4.78, 5) is 0. The predicted molar refractivity (Wildman–Crippen MR) is 70.9 cm³/mol. The van der Waals surface area contributed by atoms with Crippen LogP contribution in [-0.4, -0.2) is 9.30 Å². The van der Waals surface area contributed by atoms with Gasteiger partial charge in [0.1, 0.15) is 10.6 Å². The van der Waals surface area contributed by atoms with Crippen LogP contribution < -0.4 is 4.72 Å². The van der Waals surface area contributed by atoms with E-state index in [2.05, 4.69) is 4.72 Å². The maximum atomic E-state index is 13.6. The van der Waals surface area contributed by atoms with Crippen molar-refractivity contribution in [3.8, 4) is 0 Å². The van der Waals surface area contributed by atoms with Crippen LogP contribution in [0.5, 0.6) is 0 Å². The van der Waals surface area contributed by atoms with E-state index in [0.717, 1.165) is 0 Å². The summed E-state index contributed by atoms with van der Waals surface area (Å²) in [6.07, 6.45) is 0. The fourth-order valence-corrected chi connectivity index (χ4v) is 2.23. The molecule has 5 heteroatoms. The fraction of sp³-hybridized carbons (Fsp3) is 0.500. The first-order valence-corrected chi connectivity index (χ1v) is 6.87. The van der Waals surface area contributed by atoms with Gasteiger partial charge in [0, 0.05) is 21.9 Å². The lowest BCUT2D eigenvalue weighted by Crippen LogP contribution is -2.40. The zero-order valence-electron chi connectivity index (χ0n) is 10.4. The average Bonchev–Trinajstić information content (AvgIpc) is 2.20. The summed E-state index contributed by atoms with van der Waals surface area (Å²) in [5, 5.41) is 0.469. The molecular formula is C12H17ClFNOS. The molecule has 0 fully saturated rings. The van der Waals surface area contributed by atoms with Gasteiger partial charge < -0.3 is 4.55 Å². The van der Waals surface area contributed by atoms with Gasteiger partial charge in [-0.05, 0) is 45.9 Å². The molecule has 0 aromatic heterocycles. The highest BCUT2D eigenvalue weighted by atomic mass is 35.5. The molecule has 0 spiro atoms. The number of hydrogen-bond acceptors (Lipinski definition) is 2. The Morgan fingerprint density at radius 3 is 2.53 bits per heavy atom. The van der Waals surface area contributed by atoms with Crippen molar-refractivity contribution in [1.82, 2.24) is 4.72 Å². The van der Waals surface area contributed by atoms with Crippen molar-refractivity contribution in [3.05, 3.63) is 34.6 Å². The number of halogens is 2. The van der Waals surface area contributed by atoms with E-state index in [0.29, 0.717) is 10.6 Å². The van der Waals surface area contributed by atoms with E-state index < -0.39 is 11.4 Å². The van der Waals surface area contributed by atoms with Crippen molar-refractivity contribution >= 4 is 23.0 Å². The largest absolute Gasteiger partial charge is 0.598 e. The normalized spacial score (nSPS) is 15.7. The van der Waals surface area contributed by atoms with Gasteiger partial charge in [0.2, 0.25) is 0 Å². The Morgan fingerprint density at radius 1 is 1.41 bits per heavy atom. The van der Waals surface area contributed by atoms with E-state index >= 15 is 0 Å². The number of nitrogens with one attached hydrogen (secondary N) is 1. The van der Waals surface area contributed by atoms with E-state index in [1.165, 1.54) is 12.1 Å². The highest BCUT2D eigenvalue weighted by molar-refractivity contribution is 7.90. The zero-order chi connectivity index (χ0) is 13.2. The predicted octanol–water partition coefficient (Wildman–Crippen LogP) is 3.59. The van der Waals surface area contributed by atoms with E-state index in [9.17, 15) is 8.94 Å².